The first-order valence-electron chi connectivity index (χ1n) is 8.30. The summed E-state index contributed by atoms with van der Waals surface area (Å²) in [5.74, 6) is -0.888. The second-order valence-corrected chi connectivity index (χ2v) is 6.16. The summed E-state index contributed by atoms with van der Waals surface area (Å²) < 4.78 is 11.4. The predicted molar refractivity (Wildman–Crippen MR) is 101 cm³/mol. The lowest BCUT2D eigenvalue weighted by Gasteiger charge is -2.09. The molecule has 2 N–H and O–H groups in total. The minimum atomic E-state index is -0.467. The summed E-state index contributed by atoms with van der Waals surface area (Å²) in [5.41, 5.74) is 2.45. The van der Waals surface area contributed by atoms with Gasteiger partial charge in [0.1, 0.15) is 0 Å². The quantitative estimate of drug-likeness (QED) is 0.684. The average molecular weight is 369 g/mol. The van der Waals surface area contributed by atoms with Gasteiger partial charge in [-0.15, -0.1) is 0 Å². The number of hydrogen-bond donors (Lipinski definition) is 2. The second-order valence-electron chi connectivity index (χ2n) is 6.16. The van der Waals surface area contributed by atoms with Crippen molar-refractivity contribution in [3.63, 3.8) is 0 Å². The highest BCUT2D eigenvalue weighted by Crippen LogP contribution is 2.21. The maximum absolute atomic E-state index is 12.2. The normalized spacial score (nSPS) is 10.8. The Bertz CT molecular complexity index is 1050. The lowest BCUT2D eigenvalue weighted by atomic mass is 10.2. The molecule has 8 heteroatoms. The van der Waals surface area contributed by atoms with E-state index in [0.29, 0.717) is 28.0 Å². The number of carbonyl (C=O) groups excluding carboxylic acids is 2. The van der Waals surface area contributed by atoms with Gasteiger partial charge in [0, 0.05) is 23.5 Å². The molecule has 0 saturated carbocycles. The predicted octanol–water partition coefficient (Wildman–Crippen LogP) is 3.61. The molecule has 3 aromatic rings. The largest absolute Gasteiger partial charge is 0.465 e. The Morgan fingerprint density at radius 2 is 1.67 bits per heavy atom. The minimum Gasteiger partial charge on any atom is -0.465 e. The van der Waals surface area contributed by atoms with Crippen LogP contribution in [0.5, 0.6) is 0 Å². The number of ether oxygens (including phenoxy) is 1. The number of anilines is 2. The molecule has 0 aliphatic rings. The molecule has 2 amide bonds. The van der Waals surface area contributed by atoms with Crippen LogP contribution < -0.4 is 16.4 Å². The number of carbonyl (C=O) groups is 2. The fourth-order valence-electron chi connectivity index (χ4n) is 2.70. The number of nitrogens with zero attached hydrogens (tertiary/aromatic N) is 1. The topological polar surface area (TPSA) is 103 Å². The molecule has 140 valence electrons. The monoisotopic (exact) mass is 369 g/mol. The van der Waals surface area contributed by atoms with Crippen molar-refractivity contribution in [2.45, 2.75) is 19.9 Å². The number of esters is 1. The van der Waals surface area contributed by atoms with Crippen LogP contribution in [0.1, 0.15) is 30.2 Å². The Hall–Kier alpha value is -3.55. The van der Waals surface area contributed by atoms with E-state index in [1.165, 1.54) is 7.11 Å². The Morgan fingerprint density at radius 3 is 2.30 bits per heavy atom. The number of amides is 2. The highest BCUT2D eigenvalue weighted by Gasteiger charge is 2.13. The number of nitrogens with one attached hydrogen (secondary N) is 2. The summed E-state index contributed by atoms with van der Waals surface area (Å²) in [6.45, 7) is 3.78. The zero-order valence-corrected chi connectivity index (χ0v) is 15.1. The highest BCUT2D eigenvalue weighted by atomic mass is 16.5. The van der Waals surface area contributed by atoms with Crippen LogP contribution in [-0.4, -0.2) is 23.7 Å². The number of oxazole rings is 1. The molecule has 0 aliphatic heterocycles. The van der Waals surface area contributed by atoms with Gasteiger partial charge in [0.2, 0.25) is 0 Å². The van der Waals surface area contributed by atoms with Crippen molar-refractivity contribution >= 4 is 34.5 Å². The van der Waals surface area contributed by atoms with Crippen molar-refractivity contribution in [1.82, 2.24) is 4.57 Å². The Morgan fingerprint density at radius 1 is 1.04 bits per heavy atom. The van der Waals surface area contributed by atoms with Crippen molar-refractivity contribution in [3.8, 4) is 0 Å². The van der Waals surface area contributed by atoms with E-state index in [1.807, 2.05) is 13.8 Å². The molecule has 2 aromatic carbocycles. The summed E-state index contributed by atoms with van der Waals surface area (Å²) in [6.07, 6.45) is 0. The van der Waals surface area contributed by atoms with E-state index in [9.17, 15) is 14.4 Å². The van der Waals surface area contributed by atoms with E-state index in [2.05, 4.69) is 15.4 Å². The minimum absolute atomic E-state index is 0.0335. The smallest absolute Gasteiger partial charge is 0.420 e. The summed E-state index contributed by atoms with van der Waals surface area (Å²) in [7, 11) is 1.30. The van der Waals surface area contributed by atoms with Gasteiger partial charge < -0.3 is 19.8 Å². The maximum Gasteiger partial charge on any atom is 0.420 e. The first kappa shape index (κ1) is 18.2. The van der Waals surface area contributed by atoms with Crippen molar-refractivity contribution < 1.29 is 18.7 Å². The molecule has 3 rings (SSSR count). The molecule has 0 bridgehead atoms. The SMILES string of the molecule is COC(=O)c1ccc(NC(=O)Nc2ccc3c(c2)oc(=O)n3C(C)C)cc1. The zero-order chi connectivity index (χ0) is 19.6. The van der Waals surface area contributed by atoms with Crippen LogP contribution in [0.4, 0.5) is 16.2 Å². The molecular formula is C19H19N3O5. The van der Waals surface area contributed by atoms with E-state index in [4.69, 9.17) is 4.42 Å². The lowest BCUT2D eigenvalue weighted by Crippen LogP contribution is -2.19. The molecule has 1 aromatic heterocycles. The number of fused-ring (bicyclic) bond motifs is 1. The number of rotatable bonds is 4. The summed E-state index contributed by atoms with van der Waals surface area (Å²) in [6, 6.07) is 10.8. The van der Waals surface area contributed by atoms with Crippen LogP contribution in [0.3, 0.4) is 0 Å². The number of benzene rings is 2. The summed E-state index contributed by atoms with van der Waals surface area (Å²) >= 11 is 0. The molecular weight excluding hydrogens is 350 g/mol. The van der Waals surface area contributed by atoms with E-state index >= 15 is 0 Å². The second kappa shape index (κ2) is 7.36. The van der Waals surface area contributed by atoms with Gasteiger partial charge in [0.15, 0.2) is 5.58 Å². The van der Waals surface area contributed by atoms with Crippen LogP contribution in [0.2, 0.25) is 0 Å². The van der Waals surface area contributed by atoms with Gasteiger partial charge >= 0.3 is 17.8 Å². The standard InChI is InChI=1S/C19H19N3O5/c1-11(2)22-15-9-8-14(10-16(15)27-19(22)25)21-18(24)20-13-6-4-12(5-7-13)17(23)26-3/h4-11H,1-3H3,(H2,20,21,24). The lowest BCUT2D eigenvalue weighted by molar-refractivity contribution is 0.0600. The van der Waals surface area contributed by atoms with Gasteiger partial charge in [0.05, 0.1) is 18.2 Å². The van der Waals surface area contributed by atoms with Crippen molar-refractivity contribution in [2.24, 2.45) is 0 Å². The third-order valence-corrected chi connectivity index (χ3v) is 3.95. The van der Waals surface area contributed by atoms with Crippen LogP contribution in [0, 0.1) is 0 Å². The first-order valence-corrected chi connectivity index (χ1v) is 8.30. The van der Waals surface area contributed by atoms with E-state index in [0.717, 1.165) is 0 Å². The summed E-state index contributed by atoms with van der Waals surface area (Å²) in [5, 5.41) is 5.33. The summed E-state index contributed by atoms with van der Waals surface area (Å²) in [4.78, 5) is 35.5. The fraction of sp³-hybridized carbons (Fsp3) is 0.211. The Labute approximate surface area is 154 Å². The molecule has 1 heterocycles. The van der Waals surface area contributed by atoms with E-state index in [-0.39, 0.29) is 6.04 Å². The van der Waals surface area contributed by atoms with Crippen molar-refractivity contribution in [3.05, 3.63) is 58.6 Å². The van der Waals surface area contributed by atoms with Gasteiger partial charge in [-0.1, -0.05) is 0 Å². The average Bonchev–Trinajstić information content (AvgIpc) is 2.96. The van der Waals surface area contributed by atoms with Gasteiger partial charge in [-0.3, -0.25) is 4.57 Å². The van der Waals surface area contributed by atoms with Crippen molar-refractivity contribution in [2.75, 3.05) is 17.7 Å². The highest BCUT2D eigenvalue weighted by molar-refractivity contribution is 6.01. The van der Waals surface area contributed by atoms with Gasteiger partial charge in [0.25, 0.3) is 0 Å². The molecule has 0 radical (unpaired) electrons. The Balaban J connectivity index is 1.72. The molecule has 0 saturated heterocycles. The van der Waals surface area contributed by atoms with Gasteiger partial charge in [-0.2, -0.15) is 0 Å². The number of methoxy groups -OCH3 is 1. The molecule has 27 heavy (non-hydrogen) atoms. The molecule has 0 fully saturated rings. The third-order valence-electron chi connectivity index (χ3n) is 3.95. The van der Waals surface area contributed by atoms with Crippen LogP contribution in [0.15, 0.2) is 51.7 Å². The number of urea groups is 1. The van der Waals surface area contributed by atoms with Crippen LogP contribution in [0.25, 0.3) is 11.1 Å². The van der Waals surface area contributed by atoms with Gasteiger partial charge in [-0.05, 0) is 50.2 Å². The van der Waals surface area contributed by atoms with E-state index < -0.39 is 17.8 Å². The molecule has 0 spiro atoms. The van der Waals surface area contributed by atoms with Crippen molar-refractivity contribution in [1.29, 1.82) is 0 Å². The number of hydrogen-bond acceptors (Lipinski definition) is 5. The zero-order valence-electron chi connectivity index (χ0n) is 15.1. The molecule has 0 aliphatic carbocycles. The maximum atomic E-state index is 12.2. The Kier molecular flexibility index (Phi) is 4.98. The van der Waals surface area contributed by atoms with Crippen LogP contribution in [-0.2, 0) is 4.74 Å². The van der Waals surface area contributed by atoms with E-state index in [1.54, 1.807) is 47.0 Å². The molecule has 8 nitrogen and oxygen atoms in total. The molecule has 0 unspecified atom stereocenters. The third kappa shape index (κ3) is 3.84. The first-order chi connectivity index (χ1) is 12.9. The number of aromatic nitrogens is 1. The fourth-order valence-corrected chi connectivity index (χ4v) is 2.70. The molecule has 0 atom stereocenters. The van der Waals surface area contributed by atoms with Crippen LogP contribution >= 0.6 is 0 Å². The van der Waals surface area contributed by atoms with Gasteiger partial charge in [-0.25, -0.2) is 14.4 Å².